The molecule has 0 saturated carbocycles. The number of carbonyl (C=O) groups excluding carboxylic acids is 2. The first-order valence-electron chi connectivity index (χ1n) is 9.04. The first-order valence-corrected chi connectivity index (χ1v) is 9.04. The Kier molecular flexibility index (Phi) is 4.62. The summed E-state index contributed by atoms with van der Waals surface area (Å²) in [4.78, 5) is 28.5. The highest BCUT2D eigenvalue weighted by molar-refractivity contribution is 5.94. The van der Waals surface area contributed by atoms with Gasteiger partial charge in [-0.15, -0.1) is 0 Å². The lowest BCUT2D eigenvalue weighted by atomic mass is 9.74. The molecular formula is C20H28N2O3. The maximum Gasteiger partial charge on any atom is 0.253 e. The highest BCUT2D eigenvalue weighted by Gasteiger charge is 2.52. The summed E-state index contributed by atoms with van der Waals surface area (Å²) in [5, 5.41) is 9.82. The first-order chi connectivity index (χ1) is 11.8. The lowest BCUT2D eigenvalue weighted by Gasteiger charge is -2.39. The van der Waals surface area contributed by atoms with E-state index < -0.39 is 5.54 Å². The van der Waals surface area contributed by atoms with Crippen LogP contribution in [0.1, 0.15) is 49.0 Å². The number of rotatable bonds is 2. The Morgan fingerprint density at radius 3 is 2.44 bits per heavy atom. The second kappa shape index (κ2) is 6.45. The molecule has 2 saturated heterocycles. The van der Waals surface area contributed by atoms with Gasteiger partial charge in [-0.1, -0.05) is 17.7 Å². The Hall–Kier alpha value is -1.88. The van der Waals surface area contributed by atoms with Crippen LogP contribution in [0.3, 0.4) is 0 Å². The SMILES string of the molecule is CC(=O)N1CC2(CCN(C(=O)c3cccc(C)c3)CC2)CC1(C)CO. The van der Waals surface area contributed by atoms with Crippen molar-refractivity contribution < 1.29 is 14.7 Å². The largest absolute Gasteiger partial charge is 0.394 e. The van der Waals surface area contributed by atoms with Crippen molar-refractivity contribution in [3.8, 4) is 0 Å². The van der Waals surface area contributed by atoms with E-state index in [4.69, 9.17) is 0 Å². The molecule has 2 heterocycles. The van der Waals surface area contributed by atoms with Crippen molar-refractivity contribution >= 4 is 11.8 Å². The van der Waals surface area contributed by atoms with Crippen molar-refractivity contribution in [1.29, 1.82) is 0 Å². The van der Waals surface area contributed by atoms with Crippen LogP contribution in [0.4, 0.5) is 0 Å². The molecule has 25 heavy (non-hydrogen) atoms. The summed E-state index contributed by atoms with van der Waals surface area (Å²) in [5.41, 5.74) is 1.38. The van der Waals surface area contributed by atoms with E-state index in [2.05, 4.69) is 0 Å². The lowest BCUT2D eigenvalue weighted by molar-refractivity contribution is -0.134. The molecule has 3 rings (SSSR count). The number of aliphatic hydroxyl groups excluding tert-OH is 1. The molecule has 1 unspecified atom stereocenters. The summed E-state index contributed by atoms with van der Waals surface area (Å²) in [6.45, 7) is 7.62. The Morgan fingerprint density at radius 1 is 1.24 bits per heavy atom. The minimum absolute atomic E-state index is 0.0136. The van der Waals surface area contributed by atoms with E-state index in [1.54, 1.807) is 6.92 Å². The van der Waals surface area contributed by atoms with Crippen LogP contribution < -0.4 is 0 Å². The van der Waals surface area contributed by atoms with Gasteiger partial charge in [-0.05, 0) is 50.7 Å². The maximum atomic E-state index is 12.7. The van der Waals surface area contributed by atoms with E-state index in [1.807, 2.05) is 47.9 Å². The highest BCUT2D eigenvalue weighted by atomic mass is 16.3. The van der Waals surface area contributed by atoms with E-state index in [0.29, 0.717) is 19.6 Å². The van der Waals surface area contributed by atoms with Crippen LogP contribution in [-0.2, 0) is 4.79 Å². The molecule has 1 aromatic rings. The zero-order valence-electron chi connectivity index (χ0n) is 15.4. The average molecular weight is 344 g/mol. The number of hydrogen-bond donors (Lipinski definition) is 1. The van der Waals surface area contributed by atoms with Gasteiger partial charge in [0.25, 0.3) is 5.91 Å². The fourth-order valence-corrected chi connectivity index (χ4v) is 4.60. The van der Waals surface area contributed by atoms with Gasteiger partial charge in [0.15, 0.2) is 0 Å². The molecule has 1 spiro atoms. The van der Waals surface area contributed by atoms with Crippen LogP contribution in [0.25, 0.3) is 0 Å². The van der Waals surface area contributed by atoms with E-state index in [0.717, 1.165) is 30.4 Å². The van der Waals surface area contributed by atoms with Crippen LogP contribution >= 0.6 is 0 Å². The number of hydrogen-bond acceptors (Lipinski definition) is 3. The Morgan fingerprint density at radius 2 is 1.92 bits per heavy atom. The van der Waals surface area contributed by atoms with E-state index >= 15 is 0 Å². The van der Waals surface area contributed by atoms with Crippen LogP contribution in [0.5, 0.6) is 0 Å². The van der Waals surface area contributed by atoms with Crippen LogP contribution in [0, 0.1) is 12.3 Å². The molecule has 5 nitrogen and oxygen atoms in total. The number of carbonyl (C=O) groups is 2. The Bertz CT molecular complexity index is 679. The fraction of sp³-hybridized carbons (Fsp3) is 0.600. The van der Waals surface area contributed by atoms with Crippen LogP contribution in [0.15, 0.2) is 24.3 Å². The van der Waals surface area contributed by atoms with Crippen molar-refractivity contribution in [2.45, 2.75) is 45.6 Å². The van der Waals surface area contributed by atoms with Gasteiger partial charge in [0, 0.05) is 32.1 Å². The smallest absolute Gasteiger partial charge is 0.253 e. The predicted molar refractivity (Wildman–Crippen MR) is 96.2 cm³/mol. The summed E-state index contributed by atoms with van der Waals surface area (Å²) in [6, 6.07) is 7.72. The predicted octanol–water partition coefficient (Wildman–Crippen LogP) is 2.22. The molecule has 2 aliphatic rings. The highest BCUT2D eigenvalue weighted by Crippen LogP contribution is 2.48. The summed E-state index contributed by atoms with van der Waals surface area (Å²) >= 11 is 0. The number of amides is 2. The molecule has 5 heteroatoms. The minimum atomic E-state index is -0.478. The molecule has 136 valence electrons. The van der Waals surface area contributed by atoms with Crippen molar-refractivity contribution in [1.82, 2.24) is 9.80 Å². The molecule has 0 aliphatic carbocycles. The van der Waals surface area contributed by atoms with Gasteiger partial charge >= 0.3 is 0 Å². The van der Waals surface area contributed by atoms with E-state index in [-0.39, 0.29) is 23.8 Å². The standard InChI is InChI=1S/C20H28N2O3/c1-15-5-4-6-17(11-15)18(25)21-9-7-20(8-10-21)12-19(3,14-23)22(13-20)16(2)24/h4-6,11,23H,7-10,12-14H2,1-3H3. The van der Waals surface area contributed by atoms with Crippen molar-refractivity contribution in [2.24, 2.45) is 5.41 Å². The molecule has 0 bridgehead atoms. The molecule has 1 atom stereocenters. The quantitative estimate of drug-likeness (QED) is 0.895. The first kappa shape index (κ1) is 17.9. The number of aryl methyl sites for hydroxylation is 1. The zero-order valence-corrected chi connectivity index (χ0v) is 15.4. The number of benzene rings is 1. The van der Waals surface area contributed by atoms with Gasteiger partial charge in [-0.3, -0.25) is 9.59 Å². The van der Waals surface area contributed by atoms with Gasteiger partial charge in [0.2, 0.25) is 5.91 Å². The Labute approximate surface area is 149 Å². The fourth-order valence-electron chi connectivity index (χ4n) is 4.60. The van der Waals surface area contributed by atoms with Crippen LogP contribution in [0.2, 0.25) is 0 Å². The molecular weight excluding hydrogens is 316 g/mol. The third-order valence-corrected chi connectivity index (χ3v) is 6.00. The zero-order chi connectivity index (χ0) is 18.2. The summed E-state index contributed by atoms with van der Waals surface area (Å²) < 4.78 is 0. The topological polar surface area (TPSA) is 60.9 Å². The monoisotopic (exact) mass is 344 g/mol. The molecule has 2 fully saturated rings. The number of nitrogens with zero attached hydrogens (tertiary/aromatic N) is 2. The summed E-state index contributed by atoms with van der Waals surface area (Å²) in [7, 11) is 0. The molecule has 0 radical (unpaired) electrons. The number of likely N-dealkylation sites (tertiary alicyclic amines) is 2. The summed E-state index contributed by atoms with van der Waals surface area (Å²) in [6.07, 6.45) is 2.57. The average Bonchev–Trinajstić information content (AvgIpc) is 2.88. The van der Waals surface area contributed by atoms with Gasteiger partial charge in [0.1, 0.15) is 0 Å². The molecule has 2 amide bonds. The van der Waals surface area contributed by atoms with Crippen molar-refractivity contribution in [3.05, 3.63) is 35.4 Å². The lowest BCUT2D eigenvalue weighted by Crippen LogP contribution is -2.46. The van der Waals surface area contributed by atoms with Gasteiger partial charge in [0.05, 0.1) is 12.1 Å². The van der Waals surface area contributed by atoms with E-state index in [1.165, 1.54) is 0 Å². The normalized spacial score (nSPS) is 25.4. The van der Waals surface area contributed by atoms with Gasteiger partial charge in [-0.2, -0.15) is 0 Å². The molecule has 1 aromatic carbocycles. The maximum absolute atomic E-state index is 12.7. The Balaban J connectivity index is 1.70. The second-order valence-electron chi connectivity index (χ2n) is 8.10. The number of aliphatic hydroxyl groups is 1. The summed E-state index contributed by atoms with van der Waals surface area (Å²) in [5.74, 6) is 0.108. The molecule has 0 aromatic heterocycles. The molecule has 2 aliphatic heterocycles. The third kappa shape index (κ3) is 3.30. The van der Waals surface area contributed by atoms with Gasteiger partial charge < -0.3 is 14.9 Å². The third-order valence-electron chi connectivity index (χ3n) is 6.00. The number of piperidine rings is 1. The van der Waals surface area contributed by atoms with Crippen molar-refractivity contribution in [3.63, 3.8) is 0 Å². The van der Waals surface area contributed by atoms with Gasteiger partial charge in [-0.25, -0.2) is 0 Å². The van der Waals surface area contributed by atoms with Crippen molar-refractivity contribution in [2.75, 3.05) is 26.2 Å². The van der Waals surface area contributed by atoms with Crippen LogP contribution in [-0.4, -0.2) is 58.5 Å². The molecule has 1 N–H and O–H groups in total. The van der Waals surface area contributed by atoms with E-state index in [9.17, 15) is 14.7 Å². The second-order valence-corrected chi connectivity index (χ2v) is 8.10. The minimum Gasteiger partial charge on any atom is -0.394 e.